The summed E-state index contributed by atoms with van der Waals surface area (Å²) in [4.78, 5) is 20.2. The van der Waals surface area contributed by atoms with Crippen LogP contribution in [0.2, 0.25) is 0 Å². The molecule has 0 bridgehead atoms. The number of benzene rings is 2. The summed E-state index contributed by atoms with van der Waals surface area (Å²) >= 11 is 3.84. The maximum absolute atomic E-state index is 13.6. The molecule has 0 unspecified atom stereocenters. The lowest BCUT2D eigenvalue weighted by Crippen LogP contribution is -2.48. The fourth-order valence-corrected chi connectivity index (χ4v) is 10.0. The van der Waals surface area contributed by atoms with Crippen LogP contribution < -0.4 is 4.74 Å². The van der Waals surface area contributed by atoms with Gasteiger partial charge in [-0.2, -0.15) is 0 Å². The first-order valence-electron chi connectivity index (χ1n) is 18.1. The zero-order chi connectivity index (χ0) is 36.7. The largest absolute Gasteiger partial charge is 0.507 e. The fraction of sp³-hybridized carbons (Fsp3) is 0.683. The van der Waals surface area contributed by atoms with Gasteiger partial charge in [-0.05, 0) is 71.6 Å². The maximum atomic E-state index is 13.6. The number of phenols is 1. The van der Waals surface area contributed by atoms with E-state index in [9.17, 15) is 15.0 Å². The van der Waals surface area contributed by atoms with E-state index in [1.807, 2.05) is 23.5 Å². The quantitative estimate of drug-likeness (QED) is 0.277. The summed E-state index contributed by atoms with van der Waals surface area (Å²) in [6.45, 7) is 29.9. The van der Waals surface area contributed by atoms with Crippen LogP contribution in [0.4, 0.5) is 0 Å². The molecule has 1 amide bonds. The highest BCUT2D eigenvalue weighted by Gasteiger charge is 2.40. The van der Waals surface area contributed by atoms with Crippen molar-refractivity contribution in [2.24, 2.45) is 0 Å². The molecule has 4 rings (SSSR count). The van der Waals surface area contributed by atoms with Gasteiger partial charge >= 0.3 is 0 Å². The highest BCUT2D eigenvalue weighted by molar-refractivity contribution is 8.18. The number of rotatable bonds is 7. The number of methoxy groups -OCH3 is 1. The second-order valence-corrected chi connectivity index (χ2v) is 21.6. The Morgan fingerprint density at radius 1 is 0.735 bits per heavy atom. The van der Waals surface area contributed by atoms with Crippen molar-refractivity contribution in [3.63, 3.8) is 0 Å². The van der Waals surface area contributed by atoms with Gasteiger partial charge in [-0.1, -0.05) is 83.1 Å². The zero-order valence-electron chi connectivity index (χ0n) is 32.7. The summed E-state index contributed by atoms with van der Waals surface area (Å²) in [6, 6.07) is 9.08. The number of amides is 1. The number of likely N-dealkylation sites (tertiary alicyclic amines) is 2. The molecule has 0 atom stereocenters. The number of piperidine rings is 2. The Bertz CT molecular complexity index is 1410. The Labute approximate surface area is 306 Å². The minimum absolute atomic E-state index is 0.108. The van der Waals surface area contributed by atoms with E-state index in [2.05, 4.69) is 117 Å². The normalized spacial score (nSPS) is 18.5. The smallest absolute Gasteiger partial charge is 0.236 e. The Hall–Kier alpha value is -1.87. The first-order chi connectivity index (χ1) is 22.4. The van der Waals surface area contributed by atoms with Crippen LogP contribution in [0.5, 0.6) is 11.5 Å². The number of carbonyl (C=O) groups is 1. The van der Waals surface area contributed by atoms with Crippen molar-refractivity contribution in [2.45, 2.75) is 150 Å². The van der Waals surface area contributed by atoms with Crippen molar-refractivity contribution >= 4 is 29.4 Å². The minimum Gasteiger partial charge on any atom is -0.507 e. The van der Waals surface area contributed by atoms with E-state index in [1.165, 1.54) is 16.0 Å². The average molecular weight is 713 g/mol. The van der Waals surface area contributed by atoms with Crippen molar-refractivity contribution in [1.29, 1.82) is 0 Å². The van der Waals surface area contributed by atoms with Gasteiger partial charge in [0.05, 0.1) is 23.8 Å². The van der Waals surface area contributed by atoms with Gasteiger partial charge in [0, 0.05) is 58.2 Å². The molecule has 0 aliphatic carbocycles. The first kappa shape index (κ1) is 39.9. The molecule has 2 fully saturated rings. The van der Waals surface area contributed by atoms with Crippen LogP contribution in [0.1, 0.15) is 131 Å². The lowest BCUT2D eigenvalue weighted by Gasteiger charge is -2.42. The monoisotopic (exact) mass is 712 g/mol. The number of thioether (sulfide) groups is 2. The Morgan fingerprint density at radius 3 is 1.49 bits per heavy atom. The number of hydrogen-bond acceptors (Lipinski definition) is 7. The maximum Gasteiger partial charge on any atom is 0.236 e. The van der Waals surface area contributed by atoms with Gasteiger partial charge in [-0.15, -0.1) is 23.5 Å². The Balaban J connectivity index is 1.77. The molecular weight excluding hydrogens is 649 g/mol. The second kappa shape index (κ2) is 14.6. The molecule has 2 aliphatic rings. The SMILES string of the molecule is COc1c(C(C)(C)C)cc(SC2(Sc3cc(C(C)(C)C)c(O)c(C(C)(C)C)c3)CCN(C(=O)CN3CCC(O)CC3)CC2)cc1C(C)(C)C. The molecule has 2 aromatic carbocycles. The lowest BCUT2D eigenvalue weighted by molar-refractivity contribution is -0.133. The van der Waals surface area contributed by atoms with Gasteiger partial charge in [-0.25, -0.2) is 0 Å². The van der Waals surface area contributed by atoms with Gasteiger partial charge in [-0.3, -0.25) is 9.69 Å². The van der Waals surface area contributed by atoms with E-state index < -0.39 is 0 Å². The van der Waals surface area contributed by atoms with Crippen molar-refractivity contribution in [3.05, 3.63) is 46.5 Å². The van der Waals surface area contributed by atoms with Crippen molar-refractivity contribution in [2.75, 3.05) is 39.8 Å². The fourth-order valence-electron chi connectivity index (χ4n) is 6.93. The standard InChI is InChI=1S/C41H64N2O4S2/c1-37(2,3)30-22-28(23-31(35(30)46)38(4,5)6)48-41(16-20-43(21-17-41)34(45)26-42-18-14-27(44)15-19-42)49-29-24-32(39(7,8)9)36(47-13)33(25-29)40(10,11)12/h22-25,27,44,46H,14-21,26H2,1-13H3. The molecule has 8 heteroatoms. The van der Waals surface area contributed by atoms with Crippen LogP contribution in [0.3, 0.4) is 0 Å². The van der Waals surface area contributed by atoms with E-state index in [-0.39, 0.29) is 37.8 Å². The Morgan fingerprint density at radius 2 is 1.12 bits per heavy atom. The van der Waals surface area contributed by atoms with Crippen LogP contribution in [0, 0.1) is 0 Å². The molecule has 0 saturated carbocycles. The highest BCUT2D eigenvalue weighted by Crippen LogP contribution is 2.55. The number of ether oxygens (including phenoxy) is 1. The first-order valence-corrected chi connectivity index (χ1v) is 19.7. The molecule has 2 aromatic rings. The van der Waals surface area contributed by atoms with E-state index >= 15 is 0 Å². The average Bonchev–Trinajstić information content (AvgIpc) is 2.97. The van der Waals surface area contributed by atoms with Crippen molar-refractivity contribution < 1.29 is 19.7 Å². The molecule has 49 heavy (non-hydrogen) atoms. The number of aliphatic hydroxyl groups is 1. The number of aliphatic hydroxyl groups excluding tert-OH is 1. The molecule has 2 aliphatic heterocycles. The number of aromatic hydroxyl groups is 1. The molecule has 2 saturated heterocycles. The second-order valence-electron chi connectivity index (χ2n) is 18.4. The minimum atomic E-state index is -0.246. The van der Waals surface area contributed by atoms with E-state index in [1.54, 1.807) is 7.11 Å². The van der Waals surface area contributed by atoms with Gasteiger partial charge < -0.3 is 19.8 Å². The molecule has 0 aromatic heterocycles. The Kier molecular flexibility index (Phi) is 11.9. The van der Waals surface area contributed by atoms with Gasteiger partial charge in [0.2, 0.25) is 5.91 Å². The molecule has 6 nitrogen and oxygen atoms in total. The summed E-state index contributed by atoms with van der Waals surface area (Å²) in [6.07, 6.45) is 2.90. The summed E-state index contributed by atoms with van der Waals surface area (Å²) in [5, 5.41) is 21.5. The van der Waals surface area contributed by atoms with Crippen LogP contribution in [0.25, 0.3) is 0 Å². The number of phenolic OH excluding ortho intramolecular Hbond substituents is 1. The van der Waals surface area contributed by atoms with E-state index in [0.29, 0.717) is 25.4 Å². The van der Waals surface area contributed by atoms with Crippen LogP contribution in [-0.2, 0) is 26.5 Å². The molecule has 2 heterocycles. The zero-order valence-corrected chi connectivity index (χ0v) is 34.3. The van der Waals surface area contributed by atoms with E-state index in [0.717, 1.165) is 60.5 Å². The predicted octanol–water partition coefficient (Wildman–Crippen LogP) is 9.25. The highest BCUT2D eigenvalue weighted by atomic mass is 32.2. The van der Waals surface area contributed by atoms with Crippen LogP contribution >= 0.6 is 23.5 Å². The van der Waals surface area contributed by atoms with Gasteiger partial charge in [0.15, 0.2) is 0 Å². The molecule has 0 radical (unpaired) electrons. The van der Waals surface area contributed by atoms with Gasteiger partial charge in [0.25, 0.3) is 0 Å². The molecular formula is C41H64N2O4S2. The van der Waals surface area contributed by atoms with Crippen molar-refractivity contribution in [1.82, 2.24) is 9.80 Å². The van der Waals surface area contributed by atoms with Gasteiger partial charge in [0.1, 0.15) is 11.5 Å². The topological polar surface area (TPSA) is 73.2 Å². The summed E-state index contributed by atoms with van der Waals surface area (Å²) < 4.78 is 5.87. The van der Waals surface area contributed by atoms with Crippen LogP contribution in [-0.4, -0.2) is 75.9 Å². The van der Waals surface area contributed by atoms with E-state index in [4.69, 9.17) is 4.74 Å². The molecule has 2 N–H and O–H groups in total. The molecule has 0 spiro atoms. The molecule has 274 valence electrons. The summed E-state index contributed by atoms with van der Waals surface area (Å²) in [7, 11) is 1.78. The summed E-state index contributed by atoms with van der Waals surface area (Å²) in [5.74, 6) is 1.56. The number of hydrogen-bond donors (Lipinski definition) is 2. The number of nitrogens with zero attached hydrogens (tertiary/aromatic N) is 2. The summed E-state index contributed by atoms with van der Waals surface area (Å²) in [5.41, 5.74) is 3.69. The third-order valence-electron chi connectivity index (χ3n) is 9.98. The van der Waals surface area contributed by atoms with Crippen LogP contribution in [0.15, 0.2) is 34.1 Å². The number of carbonyl (C=O) groups excluding carboxylic acids is 1. The third-order valence-corrected chi connectivity index (χ3v) is 13.0. The third kappa shape index (κ3) is 9.72. The van der Waals surface area contributed by atoms with Crippen molar-refractivity contribution in [3.8, 4) is 11.5 Å². The predicted molar refractivity (Wildman–Crippen MR) is 208 cm³/mol. The lowest BCUT2D eigenvalue weighted by atomic mass is 9.79.